The van der Waals surface area contributed by atoms with Crippen molar-refractivity contribution in [1.82, 2.24) is 0 Å². The molecule has 0 saturated carbocycles. The Balaban J connectivity index is 2.24. The van der Waals surface area contributed by atoms with E-state index in [9.17, 15) is 4.39 Å². The Morgan fingerprint density at radius 1 is 1.47 bits per heavy atom. The van der Waals surface area contributed by atoms with Crippen LogP contribution in [0.3, 0.4) is 0 Å². The summed E-state index contributed by atoms with van der Waals surface area (Å²) in [6.07, 6.45) is 2.10. The number of aryl methyl sites for hydroxylation is 1. The van der Waals surface area contributed by atoms with Crippen molar-refractivity contribution in [3.8, 4) is 0 Å². The molecular weight excluding hydrogens is 191 g/mol. The van der Waals surface area contributed by atoms with Crippen LogP contribution >= 0.6 is 0 Å². The zero-order valence-electron chi connectivity index (χ0n) is 9.04. The van der Waals surface area contributed by atoms with E-state index in [1.165, 1.54) is 6.07 Å². The highest BCUT2D eigenvalue weighted by Gasteiger charge is 2.19. The van der Waals surface area contributed by atoms with Crippen molar-refractivity contribution in [2.24, 2.45) is 5.73 Å². The molecule has 2 rings (SSSR count). The zero-order valence-corrected chi connectivity index (χ0v) is 9.04. The predicted octanol–water partition coefficient (Wildman–Crippen LogP) is 2.06. The fourth-order valence-electron chi connectivity index (χ4n) is 2.09. The Bertz CT molecular complexity index is 351. The van der Waals surface area contributed by atoms with Gasteiger partial charge in [-0.15, -0.1) is 0 Å². The molecule has 1 aromatic carbocycles. The van der Waals surface area contributed by atoms with Gasteiger partial charge >= 0.3 is 0 Å². The van der Waals surface area contributed by atoms with Gasteiger partial charge in [0.2, 0.25) is 0 Å². The van der Waals surface area contributed by atoms with Crippen LogP contribution in [0.1, 0.15) is 18.4 Å². The van der Waals surface area contributed by atoms with E-state index in [-0.39, 0.29) is 11.9 Å². The summed E-state index contributed by atoms with van der Waals surface area (Å²) >= 11 is 0. The third kappa shape index (κ3) is 2.29. The van der Waals surface area contributed by atoms with Crippen molar-refractivity contribution in [2.45, 2.75) is 25.8 Å². The van der Waals surface area contributed by atoms with Crippen LogP contribution in [0.15, 0.2) is 18.2 Å². The molecule has 0 aromatic heterocycles. The standard InChI is InChI=1S/C12H17FN2/c1-9-4-5-11(13)12(7-9)15-6-2-3-10(14)8-15/h4-5,7,10H,2-3,6,8,14H2,1H3/t10-/m1/s1. The summed E-state index contributed by atoms with van der Waals surface area (Å²) in [4.78, 5) is 2.05. The Morgan fingerprint density at radius 3 is 3.00 bits per heavy atom. The maximum atomic E-state index is 13.6. The van der Waals surface area contributed by atoms with Gasteiger partial charge < -0.3 is 10.6 Å². The lowest BCUT2D eigenvalue weighted by Crippen LogP contribution is -2.43. The maximum Gasteiger partial charge on any atom is 0.146 e. The van der Waals surface area contributed by atoms with Crippen molar-refractivity contribution in [1.29, 1.82) is 0 Å². The molecule has 0 unspecified atom stereocenters. The quantitative estimate of drug-likeness (QED) is 0.765. The number of piperidine rings is 1. The van der Waals surface area contributed by atoms with E-state index in [0.29, 0.717) is 5.69 Å². The number of hydrogen-bond acceptors (Lipinski definition) is 2. The van der Waals surface area contributed by atoms with Crippen molar-refractivity contribution in [3.05, 3.63) is 29.6 Å². The van der Waals surface area contributed by atoms with E-state index in [0.717, 1.165) is 31.5 Å². The smallest absolute Gasteiger partial charge is 0.146 e. The maximum absolute atomic E-state index is 13.6. The highest BCUT2D eigenvalue weighted by molar-refractivity contribution is 5.50. The number of rotatable bonds is 1. The lowest BCUT2D eigenvalue weighted by molar-refractivity contribution is 0.498. The lowest BCUT2D eigenvalue weighted by Gasteiger charge is -2.33. The van der Waals surface area contributed by atoms with Crippen molar-refractivity contribution >= 4 is 5.69 Å². The monoisotopic (exact) mass is 208 g/mol. The van der Waals surface area contributed by atoms with Crippen LogP contribution in [0, 0.1) is 12.7 Å². The Labute approximate surface area is 89.9 Å². The number of benzene rings is 1. The van der Waals surface area contributed by atoms with Gasteiger partial charge in [-0.3, -0.25) is 0 Å². The van der Waals surface area contributed by atoms with E-state index in [4.69, 9.17) is 5.73 Å². The first-order valence-corrected chi connectivity index (χ1v) is 5.43. The summed E-state index contributed by atoms with van der Waals surface area (Å²) in [5, 5.41) is 0. The van der Waals surface area contributed by atoms with Crippen LogP contribution in [0.2, 0.25) is 0 Å². The van der Waals surface area contributed by atoms with E-state index in [1.807, 2.05) is 13.0 Å². The predicted molar refractivity (Wildman–Crippen MR) is 60.6 cm³/mol. The molecule has 1 aliphatic rings. The SMILES string of the molecule is Cc1ccc(F)c(N2CCC[C@@H](N)C2)c1. The second kappa shape index (κ2) is 4.19. The van der Waals surface area contributed by atoms with E-state index in [1.54, 1.807) is 6.07 Å². The molecule has 1 heterocycles. The van der Waals surface area contributed by atoms with Gasteiger partial charge in [0.1, 0.15) is 5.82 Å². The molecule has 0 radical (unpaired) electrons. The summed E-state index contributed by atoms with van der Waals surface area (Å²) in [5.41, 5.74) is 7.67. The number of hydrogen-bond donors (Lipinski definition) is 1. The largest absolute Gasteiger partial charge is 0.368 e. The number of anilines is 1. The molecule has 1 atom stereocenters. The van der Waals surface area contributed by atoms with Crippen LogP contribution in [0.25, 0.3) is 0 Å². The molecule has 0 aliphatic carbocycles. The van der Waals surface area contributed by atoms with Crippen LogP contribution in [-0.2, 0) is 0 Å². The fraction of sp³-hybridized carbons (Fsp3) is 0.500. The van der Waals surface area contributed by atoms with Gasteiger partial charge in [0.15, 0.2) is 0 Å². The summed E-state index contributed by atoms with van der Waals surface area (Å²) in [7, 11) is 0. The van der Waals surface area contributed by atoms with Gasteiger partial charge in [-0.05, 0) is 37.5 Å². The zero-order chi connectivity index (χ0) is 10.8. The second-order valence-corrected chi connectivity index (χ2v) is 4.30. The van der Waals surface area contributed by atoms with E-state index in [2.05, 4.69) is 4.90 Å². The van der Waals surface area contributed by atoms with Gasteiger partial charge in [0.05, 0.1) is 5.69 Å². The van der Waals surface area contributed by atoms with Gasteiger partial charge in [-0.2, -0.15) is 0 Å². The molecule has 0 amide bonds. The van der Waals surface area contributed by atoms with Crippen LogP contribution in [-0.4, -0.2) is 19.1 Å². The molecule has 1 aliphatic heterocycles. The summed E-state index contributed by atoms with van der Waals surface area (Å²) in [5.74, 6) is -0.144. The highest BCUT2D eigenvalue weighted by Crippen LogP contribution is 2.23. The molecule has 15 heavy (non-hydrogen) atoms. The third-order valence-electron chi connectivity index (χ3n) is 2.90. The number of nitrogens with zero attached hydrogens (tertiary/aromatic N) is 1. The average Bonchev–Trinajstić information content (AvgIpc) is 2.22. The van der Waals surface area contributed by atoms with Crippen molar-refractivity contribution in [3.63, 3.8) is 0 Å². The van der Waals surface area contributed by atoms with Gasteiger partial charge in [0.25, 0.3) is 0 Å². The number of halogens is 1. The minimum atomic E-state index is -0.144. The average molecular weight is 208 g/mol. The molecule has 0 spiro atoms. The van der Waals surface area contributed by atoms with E-state index < -0.39 is 0 Å². The summed E-state index contributed by atoms with van der Waals surface area (Å²) in [6.45, 7) is 3.65. The Morgan fingerprint density at radius 2 is 2.27 bits per heavy atom. The molecule has 82 valence electrons. The first-order valence-electron chi connectivity index (χ1n) is 5.43. The molecule has 2 N–H and O–H groups in total. The van der Waals surface area contributed by atoms with Gasteiger partial charge in [0, 0.05) is 19.1 Å². The Hall–Kier alpha value is -1.09. The minimum Gasteiger partial charge on any atom is -0.368 e. The Kier molecular flexibility index (Phi) is 2.91. The fourth-order valence-corrected chi connectivity index (χ4v) is 2.09. The highest BCUT2D eigenvalue weighted by atomic mass is 19.1. The van der Waals surface area contributed by atoms with Gasteiger partial charge in [-0.25, -0.2) is 4.39 Å². The molecule has 1 fully saturated rings. The molecule has 1 saturated heterocycles. The number of nitrogens with two attached hydrogens (primary N) is 1. The van der Waals surface area contributed by atoms with E-state index >= 15 is 0 Å². The second-order valence-electron chi connectivity index (χ2n) is 4.30. The van der Waals surface area contributed by atoms with Crippen molar-refractivity contribution < 1.29 is 4.39 Å². The van der Waals surface area contributed by atoms with Crippen LogP contribution < -0.4 is 10.6 Å². The third-order valence-corrected chi connectivity index (χ3v) is 2.90. The van der Waals surface area contributed by atoms with Crippen LogP contribution in [0.4, 0.5) is 10.1 Å². The van der Waals surface area contributed by atoms with Crippen molar-refractivity contribution in [2.75, 3.05) is 18.0 Å². The first-order chi connectivity index (χ1) is 7.16. The molecule has 3 heteroatoms. The minimum absolute atomic E-state index is 0.144. The normalized spacial score (nSPS) is 21.8. The summed E-state index contributed by atoms with van der Waals surface area (Å²) < 4.78 is 13.6. The van der Waals surface area contributed by atoms with Gasteiger partial charge in [-0.1, -0.05) is 6.07 Å². The molecule has 0 bridgehead atoms. The molecular formula is C12H17FN2. The first kappa shape index (κ1) is 10.4. The summed E-state index contributed by atoms with van der Waals surface area (Å²) in [6, 6.07) is 5.40. The van der Waals surface area contributed by atoms with Crippen LogP contribution in [0.5, 0.6) is 0 Å². The molecule has 2 nitrogen and oxygen atoms in total. The molecule has 1 aromatic rings. The topological polar surface area (TPSA) is 29.3 Å². The lowest BCUT2D eigenvalue weighted by atomic mass is 10.1.